The first-order valence-electron chi connectivity index (χ1n) is 10.5. The van der Waals surface area contributed by atoms with Gasteiger partial charge in [0.2, 0.25) is 0 Å². The van der Waals surface area contributed by atoms with E-state index in [2.05, 4.69) is 10.2 Å². The summed E-state index contributed by atoms with van der Waals surface area (Å²) in [5.74, 6) is 1.46. The number of nitro benzene ring substituents is 1. The quantitative estimate of drug-likeness (QED) is 0.181. The molecule has 174 valence electrons. The Hall–Kier alpha value is -4.02. The molecule has 0 aliphatic rings. The Balaban J connectivity index is 1.50. The fourth-order valence-corrected chi connectivity index (χ4v) is 4.73. The summed E-state index contributed by atoms with van der Waals surface area (Å²) in [6, 6.07) is 20.4. The van der Waals surface area contributed by atoms with Gasteiger partial charge in [-0.1, -0.05) is 41.6 Å². The highest BCUT2D eigenvalue weighted by Crippen LogP contribution is 2.27. The standard InChI is InChI=1S/C24H17ClN6O3S/c1-29-22(15-9-11-17(12-10-15)31(33)34)27-28-24(29)35-14-21-26-20-8-3-2-7-19(20)23(32)30(21)18-6-4-5-16(25)13-18/h2-13H,14H2,1H3. The number of aromatic nitrogens is 5. The lowest BCUT2D eigenvalue weighted by atomic mass is 10.2. The summed E-state index contributed by atoms with van der Waals surface area (Å²) < 4.78 is 3.36. The molecular formula is C24H17ClN6O3S. The van der Waals surface area contributed by atoms with Crippen LogP contribution in [0.1, 0.15) is 5.82 Å². The SMILES string of the molecule is Cn1c(SCc2nc3ccccc3c(=O)n2-c2cccc(Cl)c2)nnc1-c1ccc([N+](=O)[O-])cc1. The van der Waals surface area contributed by atoms with Crippen molar-refractivity contribution in [2.45, 2.75) is 10.9 Å². The predicted octanol–water partition coefficient (Wildman–Crippen LogP) is 5.04. The molecule has 35 heavy (non-hydrogen) atoms. The van der Waals surface area contributed by atoms with E-state index >= 15 is 0 Å². The van der Waals surface area contributed by atoms with Crippen LogP contribution in [-0.4, -0.2) is 29.2 Å². The van der Waals surface area contributed by atoms with Gasteiger partial charge in [-0.3, -0.25) is 19.5 Å². The third-order valence-corrected chi connectivity index (χ3v) is 6.66. The van der Waals surface area contributed by atoms with E-state index in [0.717, 1.165) is 0 Å². The molecule has 0 atom stereocenters. The molecule has 0 bridgehead atoms. The fourth-order valence-electron chi connectivity index (χ4n) is 3.71. The number of thioether (sulfide) groups is 1. The summed E-state index contributed by atoms with van der Waals surface area (Å²) in [6.07, 6.45) is 0. The Bertz CT molecular complexity index is 1630. The molecular weight excluding hydrogens is 488 g/mol. The number of hydrogen-bond donors (Lipinski definition) is 0. The van der Waals surface area contributed by atoms with E-state index in [-0.39, 0.29) is 11.2 Å². The van der Waals surface area contributed by atoms with Crippen LogP contribution in [0.2, 0.25) is 5.02 Å². The molecule has 5 aromatic rings. The van der Waals surface area contributed by atoms with Crippen LogP contribution in [0.5, 0.6) is 0 Å². The molecule has 11 heteroatoms. The Kier molecular flexibility index (Phi) is 6.06. The van der Waals surface area contributed by atoms with Crippen LogP contribution < -0.4 is 5.56 Å². The van der Waals surface area contributed by atoms with Crippen molar-refractivity contribution in [2.75, 3.05) is 0 Å². The minimum atomic E-state index is -0.447. The van der Waals surface area contributed by atoms with Gasteiger partial charge < -0.3 is 4.57 Å². The van der Waals surface area contributed by atoms with E-state index in [1.807, 2.05) is 25.2 Å². The van der Waals surface area contributed by atoms with Gasteiger partial charge >= 0.3 is 0 Å². The van der Waals surface area contributed by atoms with Gasteiger partial charge in [-0.25, -0.2) is 4.98 Å². The summed E-state index contributed by atoms with van der Waals surface area (Å²) in [6.45, 7) is 0. The smallest absolute Gasteiger partial charge is 0.269 e. The number of fused-ring (bicyclic) bond motifs is 1. The van der Waals surface area contributed by atoms with Crippen molar-refractivity contribution in [3.8, 4) is 17.1 Å². The van der Waals surface area contributed by atoms with Crippen molar-refractivity contribution in [1.29, 1.82) is 0 Å². The topological polar surface area (TPSA) is 109 Å². The summed E-state index contributed by atoms with van der Waals surface area (Å²) in [4.78, 5) is 28.6. The average molecular weight is 505 g/mol. The molecule has 5 rings (SSSR count). The zero-order valence-electron chi connectivity index (χ0n) is 18.3. The Labute approximate surface area is 208 Å². The zero-order chi connectivity index (χ0) is 24.5. The molecule has 0 spiro atoms. The number of rotatable bonds is 6. The van der Waals surface area contributed by atoms with Crippen molar-refractivity contribution >= 4 is 40.0 Å². The monoisotopic (exact) mass is 504 g/mol. The van der Waals surface area contributed by atoms with Crippen LogP contribution in [0.15, 0.2) is 82.7 Å². The van der Waals surface area contributed by atoms with Crippen LogP contribution in [0.3, 0.4) is 0 Å². The van der Waals surface area contributed by atoms with Gasteiger partial charge in [0.1, 0.15) is 5.82 Å². The number of hydrogen-bond acceptors (Lipinski definition) is 7. The van der Waals surface area contributed by atoms with E-state index in [0.29, 0.717) is 49.7 Å². The van der Waals surface area contributed by atoms with Crippen molar-refractivity contribution in [2.24, 2.45) is 7.05 Å². The van der Waals surface area contributed by atoms with Crippen molar-refractivity contribution in [3.63, 3.8) is 0 Å². The minimum absolute atomic E-state index is 0.00637. The van der Waals surface area contributed by atoms with Gasteiger partial charge in [0.15, 0.2) is 11.0 Å². The van der Waals surface area contributed by atoms with Gasteiger partial charge in [0, 0.05) is 29.8 Å². The van der Waals surface area contributed by atoms with E-state index in [1.165, 1.54) is 23.9 Å². The second kappa shape index (κ2) is 9.32. The molecule has 3 aromatic carbocycles. The first-order valence-corrected chi connectivity index (χ1v) is 11.8. The van der Waals surface area contributed by atoms with Gasteiger partial charge in [-0.05, 0) is 42.5 Å². The predicted molar refractivity (Wildman–Crippen MR) is 135 cm³/mol. The maximum Gasteiger partial charge on any atom is 0.269 e. The lowest BCUT2D eigenvalue weighted by Crippen LogP contribution is -2.23. The highest BCUT2D eigenvalue weighted by molar-refractivity contribution is 7.98. The number of nitrogens with zero attached hydrogens (tertiary/aromatic N) is 6. The molecule has 0 aliphatic heterocycles. The van der Waals surface area contributed by atoms with Crippen LogP contribution in [-0.2, 0) is 12.8 Å². The second-order valence-electron chi connectivity index (χ2n) is 7.62. The number of nitro groups is 1. The van der Waals surface area contributed by atoms with Crippen LogP contribution in [0.25, 0.3) is 28.0 Å². The van der Waals surface area contributed by atoms with Gasteiger partial charge in [-0.15, -0.1) is 10.2 Å². The Morgan fingerprint density at radius 2 is 1.80 bits per heavy atom. The van der Waals surface area contributed by atoms with Crippen molar-refractivity contribution in [3.05, 3.63) is 104 Å². The number of para-hydroxylation sites is 1. The number of benzene rings is 3. The average Bonchev–Trinajstić information content (AvgIpc) is 3.23. The third-order valence-electron chi connectivity index (χ3n) is 5.41. The maximum atomic E-state index is 13.4. The Morgan fingerprint density at radius 3 is 2.54 bits per heavy atom. The summed E-state index contributed by atoms with van der Waals surface area (Å²) >= 11 is 7.58. The molecule has 0 radical (unpaired) electrons. The van der Waals surface area contributed by atoms with E-state index in [4.69, 9.17) is 16.6 Å². The third kappa shape index (κ3) is 4.41. The first kappa shape index (κ1) is 22.8. The lowest BCUT2D eigenvalue weighted by molar-refractivity contribution is -0.384. The van der Waals surface area contributed by atoms with Crippen LogP contribution in [0, 0.1) is 10.1 Å². The van der Waals surface area contributed by atoms with Crippen LogP contribution >= 0.6 is 23.4 Å². The normalized spacial score (nSPS) is 11.1. The number of halogens is 1. The lowest BCUT2D eigenvalue weighted by Gasteiger charge is -2.13. The molecule has 0 aliphatic carbocycles. The van der Waals surface area contributed by atoms with Gasteiger partial charge in [-0.2, -0.15) is 0 Å². The number of non-ortho nitro benzene ring substituents is 1. The summed E-state index contributed by atoms with van der Waals surface area (Å²) in [5, 5.41) is 21.1. The summed E-state index contributed by atoms with van der Waals surface area (Å²) in [7, 11) is 1.82. The maximum absolute atomic E-state index is 13.4. The molecule has 2 aromatic heterocycles. The largest absolute Gasteiger partial charge is 0.305 e. The molecule has 0 saturated carbocycles. The molecule has 0 fully saturated rings. The molecule has 0 saturated heterocycles. The molecule has 2 heterocycles. The minimum Gasteiger partial charge on any atom is -0.305 e. The Morgan fingerprint density at radius 1 is 1.03 bits per heavy atom. The van der Waals surface area contributed by atoms with E-state index < -0.39 is 4.92 Å². The molecule has 0 amide bonds. The van der Waals surface area contributed by atoms with Crippen LogP contribution in [0.4, 0.5) is 5.69 Å². The zero-order valence-corrected chi connectivity index (χ0v) is 19.9. The van der Waals surface area contributed by atoms with Crippen molar-refractivity contribution in [1.82, 2.24) is 24.3 Å². The highest BCUT2D eigenvalue weighted by atomic mass is 35.5. The van der Waals surface area contributed by atoms with Gasteiger partial charge in [0.05, 0.1) is 27.3 Å². The summed E-state index contributed by atoms with van der Waals surface area (Å²) in [5.41, 5.74) is 1.76. The first-order chi connectivity index (χ1) is 16.9. The van der Waals surface area contributed by atoms with E-state index in [9.17, 15) is 14.9 Å². The van der Waals surface area contributed by atoms with Crippen molar-refractivity contribution < 1.29 is 4.92 Å². The van der Waals surface area contributed by atoms with E-state index in [1.54, 1.807) is 51.6 Å². The highest BCUT2D eigenvalue weighted by Gasteiger charge is 2.17. The molecule has 0 unspecified atom stereocenters. The molecule has 9 nitrogen and oxygen atoms in total. The fraction of sp³-hybridized carbons (Fsp3) is 0.0833. The molecule has 0 N–H and O–H groups in total. The second-order valence-corrected chi connectivity index (χ2v) is 9.00. The van der Waals surface area contributed by atoms with Gasteiger partial charge in [0.25, 0.3) is 11.2 Å².